The number of hydrogen-bond acceptors (Lipinski definition) is 2. The quantitative estimate of drug-likeness (QED) is 0.722. The van der Waals surface area contributed by atoms with Gasteiger partial charge < -0.3 is 10.2 Å². The number of hydrogen-bond donors (Lipinski definition) is 2. The van der Waals surface area contributed by atoms with Crippen LogP contribution in [0.2, 0.25) is 0 Å². The van der Waals surface area contributed by atoms with Crippen molar-refractivity contribution in [1.29, 1.82) is 0 Å². The van der Waals surface area contributed by atoms with E-state index in [2.05, 4.69) is 6.92 Å². The highest BCUT2D eigenvalue weighted by molar-refractivity contribution is 5.95. The van der Waals surface area contributed by atoms with E-state index in [9.17, 15) is 10.2 Å². The van der Waals surface area contributed by atoms with Crippen LogP contribution in [0.1, 0.15) is 12.5 Å². The van der Waals surface area contributed by atoms with Gasteiger partial charge in [0.25, 0.3) is 0 Å². The van der Waals surface area contributed by atoms with Gasteiger partial charge in [0.05, 0.1) is 5.39 Å². The first kappa shape index (κ1) is 8.88. The molecule has 0 aromatic heterocycles. The molecule has 14 heavy (non-hydrogen) atoms. The highest BCUT2D eigenvalue weighted by Crippen LogP contribution is 2.34. The van der Waals surface area contributed by atoms with Gasteiger partial charge in [0.1, 0.15) is 11.5 Å². The number of benzene rings is 2. The molecule has 2 rings (SSSR count). The van der Waals surface area contributed by atoms with Crippen molar-refractivity contribution in [2.45, 2.75) is 13.3 Å². The second-order valence-corrected chi connectivity index (χ2v) is 3.30. The summed E-state index contributed by atoms with van der Waals surface area (Å²) in [6.45, 7) is 2.05. The molecule has 0 saturated carbocycles. The molecule has 0 saturated heterocycles. The second kappa shape index (κ2) is 3.22. The van der Waals surface area contributed by atoms with Gasteiger partial charge in [-0.15, -0.1) is 0 Å². The molecule has 0 atom stereocenters. The van der Waals surface area contributed by atoms with Crippen molar-refractivity contribution in [2.24, 2.45) is 0 Å². The van der Waals surface area contributed by atoms with Gasteiger partial charge in [0.15, 0.2) is 0 Å². The molecule has 0 fully saturated rings. The molecule has 0 radical (unpaired) electrons. The molecule has 0 bridgehead atoms. The lowest BCUT2D eigenvalue weighted by Crippen LogP contribution is -1.84. The van der Waals surface area contributed by atoms with E-state index >= 15 is 0 Å². The number of rotatable bonds is 1. The Hall–Kier alpha value is -1.70. The second-order valence-electron chi connectivity index (χ2n) is 3.30. The molecule has 0 spiro atoms. The maximum Gasteiger partial charge on any atom is 0.127 e. The molecule has 72 valence electrons. The first-order chi connectivity index (χ1) is 6.74. The standard InChI is InChI=1S/C12H12O2/c1-2-8-6-7-11(14)12-9(8)4-3-5-10(12)13/h3-7,13-14H,2H2,1H3. The molecule has 2 aromatic rings. The van der Waals surface area contributed by atoms with Crippen LogP contribution >= 0.6 is 0 Å². The number of aryl methyl sites for hydroxylation is 1. The van der Waals surface area contributed by atoms with Crippen LogP contribution in [0.4, 0.5) is 0 Å². The number of phenolic OH excluding ortho intramolecular Hbond substituents is 2. The average molecular weight is 188 g/mol. The van der Waals surface area contributed by atoms with E-state index in [-0.39, 0.29) is 11.5 Å². The normalized spacial score (nSPS) is 10.6. The SMILES string of the molecule is CCc1ccc(O)c2c(O)cccc12. The zero-order chi connectivity index (χ0) is 10.1. The van der Waals surface area contributed by atoms with Crippen LogP contribution in [0.25, 0.3) is 10.8 Å². The lowest BCUT2D eigenvalue weighted by atomic mass is 10.0. The summed E-state index contributed by atoms with van der Waals surface area (Å²) in [6.07, 6.45) is 0.889. The van der Waals surface area contributed by atoms with Crippen molar-refractivity contribution in [3.8, 4) is 11.5 Å². The van der Waals surface area contributed by atoms with E-state index in [0.29, 0.717) is 5.39 Å². The Morgan fingerprint density at radius 3 is 2.43 bits per heavy atom. The Bertz CT molecular complexity index is 467. The molecule has 0 unspecified atom stereocenters. The van der Waals surface area contributed by atoms with Crippen LogP contribution in [0, 0.1) is 0 Å². The van der Waals surface area contributed by atoms with Gasteiger partial charge >= 0.3 is 0 Å². The summed E-state index contributed by atoms with van der Waals surface area (Å²) in [5, 5.41) is 20.7. The largest absolute Gasteiger partial charge is 0.507 e. The molecule has 2 nitrogen and oxygen atoms in total. The summed E-state index contributed by atoms with van der Waals surface area (Å²) < 4.78 is 0. The predicted molar refractivity (Wildman–Crippen MR) is 56.7 cm³/mol. The van der Waals surface area contributed by atoms with Crippen molar-refractivity contribution < 1.29 is 10.2 Å². The molecule has 2 N–H and O–H groups in total. The molecule has 0 heterocycles. The Balaban J connectivity index is 2.91. The topological polar surface area (TPSA) is 40.5 Å². The van der Waals surface area contributed by atoms with Gasteiger partial charge in [-0.25, -0.2) is 0 Å². The van der Waals surface area contributed by atoms with Gasteiger partial charge in [0, 0.05) is 0 Å². The highest BCUT2D eigenvalue weighted by atomic mass is 16.3. The van der Waals surface area contributed by atoms with Gasteiger partial charge in [-0.1, -0.05) is 25.1 Å². The van der Waals surface area contributed by atoms with E-state index in [4.69, 9.17) is 0 Å². The molecular weight excluding hydrogens is 176 g/mol. The fourth-order valence-corrected chi connectivity index (χ4v) is 1.74. The maximum atomic E-state index is 9.61. The molecule has 0 aliphatic carbocycles. The summed E-state index contributed by atoms with van der Waals surface area (Å²) in [6, 6.07) is 8.80. The van der Waals surface area contributed by atoms with Crippen LogP contribution in [-0.2, 0) is 6.42 Å². The van der Waals surface area contributed by atoms with Gasteiger partial charge in [-0.3, -0.25) is 0 Å². The van der Waals surface area contributed by atoms with Crippen molar-refractivity contribution in [1.82, 2.24) is 0 Å². The minimum Gasteiger partial charge on any atom is -0.507 e. The van der Waals surface area contributed by atoms with Crippen molar-refractivity contribution in [3.63, 3.8) is 0 Å². The fraction of sp³-hybridized carbons (Fsp3) is 0.167. The van der Waals surface area contributed by atoms with Gasteiger partial charge in [0.2, 0.25) is 0 Å². The summed E-state index contributed by atoms with van der Waals surface area (Å²) in [5.74, 6) is 0.269. The summed E-state index contributed by atoms with van der Waals surface area (Å²) in [5.41, 5.74) is 1.13. The minimum absolute atomic E-state index is 0.135. The molecule has 2 aromatic carbocycles. The van der Waals surface area contributed by atoms with Crippen LogP contribution in [0.5, 0.6) is 11.5 Å². The Kier molecular flexibility index (Phi) is 2.04. The van der Waals surface area contributed by atoms with Crippen LogP contribution in [-0.4, -0.2) is 10.2 Å². The van der Waals surface area contributed by atoms with Crippen LogP contribution < -0.4 is 0 Å². The first-order valence-corrected chi connectivity index (χ1v) is 4.66. The van der Waals surface area contributed by atoms with Gasteiger partial charge in [-0.05, 0) is 29.5 Å². The number of phenols is 2. The lowest BCUT2D eigenvalue weighted by molar-refractivity contribution is 0.464. The maximum absolute atomic E-state index is 9.61. The van der Waals surface area contributed by atoms with Gasteiger partial charge in [-0.2, -0.15) is 0 Å². The Morgan fingerprint density at radius 1 is 1.00 bits per heavy atom. The molecule has 0 aliphatic rings. The average Bonchev–Trinajstić information content (AvgIpc) is 2.18. The summed E-state index contributed by atoms with van der Waals surface area (Å²) in [4.78, 5) is 0. The van der Waals surface area contributed by atoms with Crippen molar-refractivity contribution in [3.05, 3.63) is 35.9 Å². The minimum atomic E-state index is 0.135. The third-order valence-corrected chi connectivity index (χ3v) is 2.47. The highest BCUT2D eigenvalue weighted by Gasteiger charge is 2.07. The van der Waals surface area contributed by atoms with E-state index in [1.165, 1.54) is 0 Å². The Morgan fingerprint density at radius 2 is 1.71 bits per heavy atom. The van der Waals surface area contributed by atoms with Crippen molar-refractivity contribution in [2.75, 3.05) is 0 Å². The molecule has 2 heteroatoms. The van der Waals surface area contributed by atoms with E-state index in [0.717, 1.165) is 17.4 Å². The van der Waals surface area contributed by atoms with E-state index in [1.54, 1.807) is 18.2 Å². The monoisotopic (exact) mass is 188 g/mol. The number of aromatic hydroxyl groups is 2. The smallest absolute Gasteiger partial charge is 0.127 e. The summed E-state index contributed by atoms with van der Waals surface area (Å²) >= 11 is 0. The molecule has 0 aliphatic heterocycles. The molecular formula is C12H12O2. The zero-order valence-electron chi connectivity index (χ0n) is 7.99. The third kappa shape index (κ3) is 1.20. The van der Waals surface area contributed by atoms with E-state index in [1.807, 2.05) is 12.1 Å². The number of fused-ring (bicyclic) bond motifs is 1. The van der Waals surface area contributed by atoms with Crippen LogP contribution in [0.15, 0.2) is 30.3 Å². The lowest BCUT2D eigenvalue weighted by Gasteiger charge is -2.07. The Labute approximate surface area is 82.4 Å². The van der Waals surface area contributed by atoms with Crippen molar-refractivity contribution >= 4 is 10.8 Å². The first-order valence-electron chi connectivity index (χ1n) is 4.66. The third-order valence-electron chi connectivity index (χ3n) is 2.47. The zero-order valence-corrected chi connectivity index (χ0v) is 7.99. The fourth-order valence-electron chi connectivity index (χ4n) is 1.74. The predicted octanol–water partition coefficient (Wildman–Crippen LogP) is 2.81. The molecule has 0 amide bonds. The summed E-state index contributed by atoms with van der Waals surface area (Å²) in [7, 11) is 0. The van der Waals surface area contributed by atoms with E-state index < -0.39 is 0 Å². The van der Waals surface area contributed by atoms with Crippen LogP contribution in [0.3, 0.4) is 0 Å².